The third-order valence-corrected chi connectivity index (χ3v) is 1.25. The summed E-state index contributed by atoms with van der Waals surface area (Å²) in [5.74, 6) is 0. The van der Waals surface area contributed by atoms with Crippen LogP contribution in [-0.4, -0.2) is 29.1 Å². The van der Waals surface area contributed by atoms with Crippen molar-refractivity contribution in [3.05, 3.63) is 12.3 Å². The minimum absolute atomic E-state index is 0.473. The van der Waals surface area contributed by atoms with Crippen molar-refractivity contribution >= 4 is 12.3 Å². The molecule has 6 nitrogen and oxygen atoms in total. The van der Waals surface area contributed by atoms with Crippen LogP contribution in [0, 0.1) is 0 Å². The van der Waals surface area contributed by atoms with Gasteiger partial charge in [-0.15, -0.1) is 0 Å². The molecule has 0 aromatic carbocycles. The first kappa shape index (κ1) is 12.3. The average Bonchev–Trinajstić information content (AvgIpc) is 2.17. The third kappa shape index (κ3) is 10.3. The maximum absolute atomic E-state index is 10.5. The van der Waals surface area contributed by atoms with E-state index in [9.17, 15) is 4.79 Å². The molecule has 1 aliphatic heterocycles. The molecule has 0 fully saturated rings. The lowest BCUT2D eigenvalue weighted by Gasteiger charge is -1.98. The number of carbonyl (C=O) groups is 2. The Morgan fingerprint density at radius 3 is 2.64 bits per heavy atom. The second-order valence-corrected chi connectivity index (χ2v) is 2.37. The predicted molar refractivity (Wildman–Crippen MR) is 46.1 cm³/mol. The first-order valence-electron chi connectivity index (χ1n) is 4.03. The minimum Gasteiger partial charge on any atom is -0.450 e. The second kappa shape index (κ2) is 7.90. The SMILES string of the molecule is O=C(O)O.O=C1OC=CCCCCO1. The lowest BCUT2D eigenvalue weighted by molar-refractivity contribution is 0.0847. The maximum Gasteiger partial charge on any atom is 0.513 e. The van der Waals surface area contributed by atoms with E-state index in [0.717, 1.165) is 19.3 Å². The fourth-order valence-corrected chi connectivity index (χ4v) is 0.725. The Bertz CT molecular complexity index is 206. The molecular formula is C8H12O6. The molecule has 0 aromatic rings. The third-order valence-electron chi connectivity index (χ3n) is 1.25. The van der Waals surface area contributed by atoms with Crippen molar-refractivity contribution in [2.45, 2.75) is 19.3 Å². The van der Waals surface area contributed by atoms with E-state index in [2.05, 4.69) is 9.47 Å². The monoisotopic (exact) mass is 204 g/mol. The highest BCUT2D eigenvalue weighted by Gasteiger charge is 2.01. The maximum atomic E-state index is 10.5. The van der Waals surface area contributed by atoms with E-state index in [-0.39, 0.29) is 0 Å². The molecule has 0 unspecified atom stereocenters. The molecule has 0 saturated carbocycles. The lowest BCUT2D eigenvalue weighted by atomic mass is 10.2. The first-order valence-corrected chi connectivity index (χ1v) is 4.03. The van der Waals surface area contributed by atoms with Crippen LogP contribution in [0.1, 0.15) is 19.3 Å². The average molecular weight is 204 g/mol. The summed E-state index contributed by atoms with van der Waals surface area (Å²) < 4.78 is 9.17. The summed E-state index contributed by atoms with van der Waals surface area (Å²) in [6.45, 7) is 0.473. The van der Waals surface area contributed by atoms with Gasteiger partial charge in [-0.2, -0.15) is 0 Å². The summed E-state index contributed by atoms with van der Waals surface area (Å²) in [4.78, 5) is 19.0. The van der Waals surface area contributed by atoms with Crippen LogP contribution in [0.4, 0.5) is 9.59 Å². The van der Waals surface area contributed by atoms with Gasteiger partial charge in [0.2, 0.25) is 0 Å². The molecule has 0 bridgehead atoms. The fourth-order valence-electron chi connectivity index (χ4n) is 0.725. The van der Waals surface area contributed by atoms with E-state index in [0.29, 0.717) is 6.61 Å². The molecule has 6 heteroatoms. The molecule has 0 radical (unpaired) electrons. The van der Waals surface area contributed by atoms with Crippen molar-refractivity contribution in [2.75, 3.05) is 6.61 Å². The quantitative estimate of drug-likeness (QED) is 0.586. The number of hydrogen-bond donors (Lipinski definition) is 2. The highest BCUT2D eigenvalue weighted by molar-refractivity contribution is 5.60. The number of carbonyl (C=O) groups excluding carboxylic acids is 1. The van der Waals surface area contributed by atoms with Gasteiger partial charge in [-0.1, -0.05) is 0 Å². The summed E-state index contributed by atoms with van der Waals surface area (Å²) in [6, 6.07) is 0. The van der Waals surface area contributed by atoms with Crippen molar-refractivity contribution in [3.63, 3.8) is 0 Å². The molecular weight excluding hydrogens is 192 g/mol. The van der Waals surface area contributed by atoms with Crippen molar-refractivity contribution in [3.8, 4) is 0 Å². The molecule has 0 amide bonds. The van der Waals surface area contributed by atoms with E-state index < -0.39 is 12.3 Å². The highest BCUT2D eigenvalue weighted by atomic mass is 16.7. The molecule has 1 heterocycles. The smallest absolute Gasteiger partial charge is 0.450 e. The van der Waals surface area contributed by atoms with Crippen LogP contribution in [0.25, 0.3) is 0 Å². The lowest BCUT2D eigenvalue weighted by Crippen LogP contribution is -2.03. The van der Waals surface area contributed by atoms with Crippen molar-refractivity contribution in [2.24, 2.45) is 0 Å². The number of allylic oxidation sites excluding steroid dienone is 1. The van der Waals surface area contributed by atoms with Crippen molar-refractivity contribution in [1.82, 2.24) is 0 Å². The number of hydrogen-bond acceptors (Lipinski definition) is 4. The van der Waals surface area contributed by atoms with Crippen LogP contribution >= 0.6 is 0 Å². The Labute approximate surface area is 80.7 Å². The van der Waals surface area contributed by atoms with E-state index in [1.165, 1.54) is 6.26 Å². The van der Waals surface area contributed by atoms with Crippen molar-refractivity contribution in [1.29, 1.82) is 0 Å². The zero-order valence-electron chi connectivity index (χ0n) is 7.51. The molecule has 0 aliphatic carbocycles. The Morgan fingerprint density at radius 1 is 1.36 bits per heavy atom. The summed E-state index contributed by atoms with van der Waals surface area (Å²) >= 11 is 0. The fraction of sp³-hybridized carbons (Fsp3) is 0.500. The van der Waals surface area contributed by atoms with Gasteiger partial charge < -0.3 is 19.7 Å². The van der Waals surface area contributed by atoms with Crippen LogP contribution < -0.4 is 0 Å². The largest absolute Gasteiger partial charge is 0.513 e. The van der Waals surface area contributed by atoms with Crippen LogP contribution in [0.2, 0.25) is 0 Å². The Kier molecular flexibility index (Phi) is 6.93. The van der Waals surface area contributed by atoms with Gasteiger partial charge in [-0.25, -0.2) is 9.59 Å². The Hall–Kier alpha value is -1.72. The molecule has 0 aromatic heterocycles. The van der Waals surface area contributed by atoms with Gasteiger partial charge in [0, 0.05) is 0 Å². The van der Waals surface area contributed by atoms with Crippen LogP contribution in [0.3, 0.4) is 0 Å². The van der Waals surface area contributed by atoms with Gasteiger partial charge in [-0.3, -0.25) is 0 Å². The molecule has 2 N–H and O–H groups in total. The second-order valence-electron chi connectivity index (χ2n) is 2.37. The van der Waals surface area contributed by atoms with Gasteiger partial charge in [0.1, 0.15) is 0 Å². The van der Waals surface area contributed by atoms with E-state index in [1.807, 2.05) is 6.08 Å². The zero-order chi connectivity index (χ0) is 10.8. The molecule has 0 atom stereocenters. The molecule has 0 saturated heterocycles. The number of carboxylic acid groups (broad SMARTS) is 2. The number of cyclic esters (lactones) is 2. The molecule has 80 valence electrons. The first-order chi connectivity index (χ1) is 6.63. The summed E-state index contributed by atoms with van der Waals surface area (Å²) in [7, 11) is 0. The van der Waals surface area contributed by atoms with Gasteiger partial charge in [-0.05, 0) is 25.3 Å². The Morgan fingerprint density at radius 2 is 2.00 bits per heavy atom. The van der Waals surface area contributed by atoms with Crippen LogP contribution in [0.5, 0.6) is 0 Å². The molecule has 1 aliphatic rings. The molecule has 14 heavy (non-hydrogen) atoms. The van der Waals surface area contributed by atoms with E-state index >= 15 is 0 Å². The van der Waals surface area contributed by atoms with Gasteiger partial charge in [0.15, 0.2) is 0 Å². The number of rotatable bonds is 0. The Balaban J connectivity index is 0.000000364. The summed E-state index contributed by atoms with van der Waals surface area (Å²) in [5.41, 5.74) is 0. The van der Waals surface area contributed by atoms with Crippen molar-refractivity contribution < 1.29 is 29.3 Å². The molecule has 0 spiro atoms. The number of ether oxygens (including phenoxy) is 2. The van der Waals surface area contributed by atoms with Crippen LogP contribution in [-0.2, 0) is 9.47 Å². The normalized spacial score (nSPS) is 15.9. The standard InChI is InChI=1S/C7H10O3.CH2O3/c8-7-9-5-3-1-2-4-6-10-7;2-1(3)4/h3,5H,1-2,4,6H2;(H2,2,3,4). The zero-order valence-corrected chi connectivity index (χ0v) is 7.51. The summed E-state index contributed by atoms with van der Waals surface area (Å²) in [6.07, 6.45) is 3.70. The van der Waals surface area contributed by atoms with Gasteiger partial charge in [0.25, 0.3) is 0 Å². The van der Waals surface area contributed by atoms with Gasteiger partial charge in [0.05, 0.1) is 12.9 Å². The van der Waals surface area contributed by atoms with E-state index in [4.69, 9.17) is 15.0 Å². The van der Waals surface area contributed by atoms with Crippen LogP contribution in [0.15, 0.2) is 12.3 Å². The highest BCUT2D eigenvalue weighted by Crippen LogP contribution is 2.01. The summed E-state index contributed by atoms with van der Waals surface area (Å²) in [5, 5.41) is 13.9. The molecule has 1 rings (SSSR count). The minimum atomic E-state index is -1.83. The van der Waals surface area contributed by atoms with Gasteiger partial charge >= 0.3 is 12.3 Å². The topological polar surface area (TPSA) is 93.1 Å². The van der Waals surface area contributed by atoms with E-state index in [1.54, 1.807) is 0 Å². The predicted octanol–water partition coefficient (Wildman–Crippen LogP) is 2.06.